The van der Waals surface area contributed by atoms with Gasteiger partial charge in [-0.2, -0.15) is 0 Å². The molecule has 2 rings (SSSR count). The Balaban J connectivity index is 2.73. The van der Waals surface area contributed by atoms with E-state index in [9.17, 15) is 4.79 Å². The second-order valence-electron chi connectivity index (χ2n) is 3.24. The molecule has 0 N–H and O–H groups in total. The van der Waals surface area contributed by atoms with Gasteiger partial charge in [0.2, 0.25) is 0 Å². The lowest BCUT2D eigenvalue weighted by Crippen LogP contribution is -2.04. The predicted octanol–water partition coefficient (Wildman–Crippen LogP) is 1.69. The third-order valence-corrected chi connectivity index (χ3v) is 3.07. The zero-order valence-electron chi connectivity index (χ0n) is 8.90. The minimum atomic E-state index is -0.455. The Labute approximate surface area is 106 Å². The van der Waals surface area contributed by atoms with Gasteiger partial charge in [0.1, 0.15) is 11.3 Å². The number of nitrogens with zero attached hydrogens (tertiary/aromatic N) is 3. The van der Waals surface area contributed by atoms with Gasteiger partial charge in [-0.15, -0.1) is 0 Å². The van der Waals surface area contributed by atoms with E-state index in [1.807, 2.05) is 17.7 Å². The number of aromatic nitrogens is 3. The number of rotatable bonds is 2. The molecule has 0 aliphatic rings. The monoisotopic (exact) mass is 331 g/mol. The molecule has 16 heavy (non-hydrogen) atoms. The molecule has 2 aromatic heterocycles. The Morgan fingerprint density at radius 2 is 2.38 bits per heavy atom. The van der Waals surface area contributed by atoms with Gasteiger partial charge in [-0.3, -0.25) is 0 Å². The zero-order valence-corrected chi connectivity index (χ0v) is 11.1. The summed E-state index contributed by atoms with van der Waals surface area (Å²) in [6.45, 7) is 0. The second kappa shape index (κ2) is 4.36. The molecule has 0 spiro atoms. The number of carbonyl (C=O) groups excluding carboxylic acids is 1. The second-order valence-corrected chi connectivity index (χ2v) is 4.00. The van der Waals surface area contributed by atoms with Crippen molar-refractivity contribution in [2.24, 2.45) is 7.05 Å². The van der Waals surface area contributed by atoms with Crippen LogP contribution in [0.3, 0.4) is 0 Å². The number of esters is 1. The third-order valence-electron chi connectivity index (χ3n) is 2.39. The minimum absolute atomic E-state index is 0.270. The number of halogens is 1. The number of pyridine rings is 1. The molecule has 0 bridgehead atoms. The maximum Gasteiger partial charge on any atom is 0.359 e. The van der Waals surface area contributed by atoms with Crippen molar-refractivity contribution in [1.82, 2.24) is 14.5 Å². The SMILES string of the molecule is COC(=O)c1nccc2c1nc(CI)n2C. The molecule has 0 aliphatic carbocycles. The van der Waals surface area contributed by atoms with Crippen molar-refractivity contribution in [2.75, 3.05) is 7.11 Å². The van der Waals surface area contributed by atoms with Crippen LogP contribution in [0.1, 0.15) is 16.3 Å². The molecule has 6 heteroatoms. The predicted molar refractivity (Wildman–Crippen MR) is 67.6 cm³/mol. The highest BCUT2D eigenvalue weighted by atomic mass is 127. The summed E-state index contributed by atoms with van der Waals surface area (Å²) in [6, 6.07) is 1.84. The molecule has 0 aromatic carbocycles. The van der Waals surface area contributed by atoms with E-state index in [2.05, 4.69) is 37.3 Å². The summed E-state index contributed by atoms with van der Waals surface area (Å²) in [7, 11) is 3.26. The van der Waals surface area contributed by atoms with Gasteiger partial charge in [0.15, 0.2) is 5.69 Å². The molecule has 2 heterocycles. The highest BCUT2D eigenvalue weighted by molar-refractivity contribution is 14.1. The lowest BCUT2D eigenvalue weighted by molar-refractivity contribution is 0.0596. The summed E-state index contributed by atoms with van der Waals surface area (Å²) in [5.74, 6) is 0.456. The van der Waals surface area contributed by atoms with E-state index in [-0.39, 0.29) is 5.69 Å². The molecule has 0 saturated heterocycles. The largest absolute Gasteiger partial charge is 0.464 e. The number of carbonyl (C=O) groups is 1. The maximum absolute atomic E-state index is 11.5. The van der Waals surface area contributed by atoms with Crippen LogP contribution in [-0.4, -0.2) is 27.6 Å². The van der Waals surface area contributed by atoms with E-state index in [0.717, 1.165) is 15.8 Å². The van der Waals surface area contributed by atoms with Gasteiger partial charge >= 0.3 is 5.97 Å². The topological polar surface area (TPSA) is 57.0 Å². The molecule has 0 amide bonds. The number of imidazole rings is 1. The van der Waals surface area contributed by atoms with Crippen LogP contribution >= 0.6 is 22.6 Å². The molecule has 0 atom stereocenters. The van der Waals surface area contributed by atoms with E-state index in [4.69, 9.17) is 0 Å². The molecule has 2 aromatic rings. The highest BCUT2D eigenvalue weighted by Crippen LogP contribution is 2.19. The Bertz CT molecular complexity index is 550. The Hall–Kier alpha value is -1.18. The number of ether oxygens (including phenoxy) is 1. The van der Waals surface area contributed by atoms with Gasteiger partial charge < -0.3 is 9.30 Å². The zero-order chi connectivity index (χ0) is 11.7. The number of fused-ring (bicyclic) bond motifs is 1. The van der Waals surface area contributed by atoms with Crippen LogP contribution in [-0.2, 0) is 16.2 Å². The number of methoxy groups -OCH3 is 1. The van der Waals surface area contributed by atoms with Gasteiger partial charge in [0.25, 0.3) is 0 Å². The highest BCUT2D eigenvalue weighted by Gasteiger charge is 2.16. The summed E-state index contributed by atoms with van der Waals surface area (Å²) in [5, 5.41) is 0. The lowest BCUT2D eigenvalue weighted by Gasteiger charge is -1.99. The van der Waals surface area contributed by atoms with Gasteiger partial charge in [-0.25, -0.2) is 14.8 Å². The van der Waals surface area contributed by atoms with Crippen molar-refractivity contribution in [2.45, 2.75) is 4.43 Å². The van der Waals surface area contributed by atoms with Gasteiger partial charge in [0, 0.05) is 13.2 Å². The molecule has 0 fully saturated rings. The summed E-state index contributed by atoms with van der Waals surface area (Å²) >= 11 is 2.23. The van der Waals surface area contributed by atoms with Crippen LogP contribution < -0.4 is 0 Å². The van der Waals surface area contributed by atoms with Crippen LogP contribution in [0.2, 0.25) is 0 Å². The van der Waals surface area contributed by atoms with Crippen LogP contribution in [0.5, 0.6) is 0 Å². The molecule has 84 valence electrons. The van der Waals surface area contributed by atoms with Crippen molar-refractivity contribution >= 4 is 39.6 Å². The first-order valence-electron chi connectivity index (χ1n) is 4.63. The molecule has 5 nitrogen and oxygen atoms in total. The molecule has 0 saturated carbocycles. The van der Waals surface area contributed by atoms with Crippen LogP contribution in [0.15, 0.2) is 12.3 Å². The van der Waals surface area contributed by atoms with E-state index < -0.39 is 5.97 Å². The summed E-state index contributed by atoms with van der Waals surface area (Å²) in [6.07, 6.45) is 1.59. The Morgan fingerprint density at radius 3 is 3.00 bits per heavy atom. The normalized spacial score (nSPS) is 10.7. The summed E-state index contributed by atoms with van der Waals surface area (Å²) in [5.41, 5.74) is 1.76. The number of alkyl halides is 1. The van der Waals surface area contributed by atoms with Crippen molar-refractivity contribution in [1.29, 1.82) is 0 Å². The average Bonchev–Trinajstić information content (AvgIpc) is 2.65. The lowest BCUT2D eigenvalue weighted by atomic mass is 10.3. The fourth-order valence-electron chi connectivity index (χ4n) is 1.53. The molecule has 0 aliphatic heterocycles. The van der Waals surface area contributed by atoms with Crippen LogP contribution in [0.25, 0.3) is 11.0 Å². The Morgan fingerprint density at radius 1 is 1.62 bits per heavy atom. The van der Waals surface area contributed by atoms with E-state index in [1.54, 1.807) is 6.20 Å². The molecular weight excluding hydrogens is 321 g/mol. The molecule has 0 unspecified atom stereocenters. The number of hydrogen-bond acceptors (Lipinski definition) is 4. The first-order chi connectivity index (χ1) is 7.69. The van der Waals surface area contributed by atoms with Crippen molar-refractivity contribution < 1.29 is 9.53 Å². The molecular formula is C10H10IN3O2. The van der Waals surface area contributed by atoms with Gasteiger partial charge in [-0.1, -0.05) is 22.6 Å². The first kappa shape index (κ1) is 11.3. The molecule has 0 radical (unpaired) electrons. The Kier molecular flexibility index (Phi) is 3.08. The standard InChI is InChI=1S/C10H10IN3O2/c1-14-6-3-4-12-9(10(15)16-2)8(6)13-7(14)5-11/h3-4H,5H2,1-2H3. The number of aryl methyl sites for hydroxylation is 1. The third kappa shape index (κ3) is 1.66. The summed E-state index contributed by atoms with van der Waals surface area (Å²) in [4.78, 5) is 19.9. The van der Waals surface area contributed by atoms with E-state index >= 15 is 0 Å². The average molecular weight is 331 g/mol. The fraction of sp³-hybridized carbons (Fsp3) is 0.300. The van der Waals surface area contributed by atoms with Gasteiger partial charge in [0.05, 0.1) is 17.1 Å². The smallest absolute Gasteiger partial charge is 0.359 e. The van der Waals surface area contributed by atoms with Crippen LogP contribution in [0, 0.1) is 0 Å². The summed E-state index contributed by atoms with van der Waals surface area (Å²) < 4.78 is 7.41. The van der Waals surface area contributed by atoms with Crippen molar-refractivity contribution in [3.8, 4) is 0 Å². The first-order valence-corrected chi connectivity index (χ1v) is 6.16. The maximum atomic E-state index is 11.5. The fourth-order valence-corrected chi connectivity index (χ4v) is 2.22. The van der Waals surface area contributed by atoms with Crippen molar-refractivity contribution in [3.05, 3.63) is 23.8 Å². The number of hydrogen-bond donors (Lipinski definition) is 0. The minimum Gasteiger partial charge on any atom is -0.464 e. The van der Waals surface area contributed by atoms with Gasteiger partial charge in [-0.05, 0) is 6.07 Å². The van der Waals surface area contributed by atoms with Crippen molar-refractivity contribution in [3.63, 3.8) is 0 Å². The quantitative estimate of drug-likeness (QED) is 0.477. The van der Waals surface area contributed by atoms with E-state index in [1.165, 1.54) is 7.11 Å². The van der Waals surface area contributed by atoms with Crippen LogP contribution in [0.4, 0.5) is 0 Å². The van der Waals surface area contributed by atoms with E-state index in [0.29, 0.717) is 5.52 Å².